The van der Waals surface area contributed by atoms with E-state index in [0.29, 0.717) is 30.8 Å². The molecule has 136 valence electrons. The summed E-state index contributed by atoms with van der Waals surface area (Å²) in [7, 11) is 4.10. The van der Waals surface area contributed by atoms with Gasteiger partial charge in [0.05, 0.1) is 12.1 Å². The Balaban J connectivity index is 1.38. The molecule has 4 aliphatic carbocycles. The minimum absolute atomic E-state index is 0.142. The summed E-state index contributed by atoms with van der Waals surface area (Å²) in [6.45, 7) is 2.41. The maximum atomic E-state index is 13.0. The van der Waals surface area contributed by atoms with E-state index in [2.05, 4.69) is 29.2 Å². The molecule has 0 aromatic rings. The van der Waals surface area contributed by atoms with Gasteiger partial charge in [0.15, 0.2) is 0 Å². The van der Waals surface area contributed by atoms with Gasteiger partial charge in [0.1, 0.15) is 0 Å². The second kappa shape index (κ2) is 6.58. The lowest BCUT2D eigenvalue weighted by Crippen LogP contribution is -2.58. The Morgan fingerprint density at radius 2 is 1.71 bits per heavy atom. The highest BCUT2D eigenvalue weighted by Gasteiger charge is 2.49. The van der Waals surface area contributed by atoms with Crippen molar-refractivity contribution < 1.29 is 9.90 Å². The zero-order valence-electron chi connectivity index (χ0n) is 15.2. The first-order valence-electron chi connectivity index (χ1n) is 9.86. The van der Waals surface area contributed by atoms with Gasteiger partial charge in [-0.25, -0.2) is 0 Å². The van der Waals surface area contributed by atoms with Crippen LogP contribution in [0.25, 0.3) is 0 Å². The third kappa shape index (κ3) is 3.23. The van der Waals surface area contributed by atoms with E-state index in [-0.39, 0.29) is 18.1 Å². The van der Waals surface area contributed by atoms with E-state index >= 15 is 0 Å². The van der Waals surface area contributed by atoms with E-state index < -0.39 is 0 Å². The summed E-state index contributed by atoms with van der Waals surface area (Å²) in [5, 5.41) is 13.5. The minimum Gasteiger partial charge on any atom is -0.392 e. The molecule has 2 N–H and O–H groups in total. The molecule has 0 spiro atoms. The number of likely N-dealkylation sites (tertiary alicyclic amines) is 1. The van der Waals surface area contributed by atoms with Crippen molar-refractivity contribution in [1.82, 2.24) is 15.1 Å². The molecule has 5 heteroatoms. The molecule has 5 aliphatic rings. The SMILES string of the molecule is CN(C)CCN1C[C@H](O)C[C@@H]1C(=O)NC1C2CC3CC(C2)CC1C3. The van der Waals surface area contributed by atoms with Gasteiger partial charge in [0, 0.05) is 25.7 Å². The summed E-state index contributed by atoms with van der Waals surface area (Å²) in [6, 6.07) is 0.260. The third-order valence-electron chi connectivity index (χ3n) is 7.05. The smallest absolute Gasteiger partial charge is 0.237 e. The summed E-state index contributed by atoms with van der Waals surface area (Å²) in [5.41, 5.74) is 0. The molecular formula is C19H33N3O2. The fourth-order valence-electron chi connectivity index (χ4n) is 6.15. The van der Waals surface area contributed by atoms with Crippen molar-refractivity contribution in [2.24, 2.45) is 23.7 Å². The third-order valence-corrected chi connectivity index (χ3v) is 7.05. The Morgan fingerprint density at radius 1 is 1.08 bits per heavy atom. The Labute approximate surface area is 145 Å². The average molecular weight is 335 g/mol. The number of nitrogens with zero attached hydrogens (tertiary/aromatic N) is 2. The molecule has 0 aromatic carbocycles. The van der Waals surface area contributed by atoms with Gasteiger partial charge < -0.3 is 15.3 Å². The van der Waals surface area contributed by atoms with Crippen molar-refractivity contribution in [2.45, 2.75) is 56.7 Å². The fourth-order valence-corrected chi connectivity index (χ4v) is 6.15. The van der Waals surface area contributed by atoms with Gasteiger partial charge in [-0.1, -0.05) is 0 Å². The molecule has 5 nitrogen and oxygen atoms in total. The average Bonchev–Trinajstić information content (AvgIpc) is 2.89. The molecule has 24 heavy (non-hydrogen) atoms. The summed E-state index contributed by atoms with van der Waals surface area (Å²) in [6.07, 6.45) is 6.99. The normalized spacial score (nSPS) is 44.4. The maximum Gasteiger partial charge on any atom is 0.237 e. The van der Waals surface area contributed by atoms with Crippen LogP contribution in [0.3, 0.4) is 0 Å². The zero-order valence-corrected chi connectivity index (χ0v) is 15.2. The van der Waals surface area contributed by atoms with Crippen molar-refractivity contribution >= 4 is 5.91 Å². The molecule has 1 aliphatic heterocycles. The van der Waals surface area contributed by atoms with Crippen LogP contribution in [0.2, 0.25) is 0 Å². The number of hydrogen-bond donors (Lipinski definition) is 2. The molecule has 2 atom stereocenters. The molecule has 4 bridgehead atoms. The van der Waals surface area contributed by atoms with E-state index in [0.717, 1.165) is 24.9 Å². The molecule has 5 rings (SSSR count). The second-order valence-electron chi connectivity index (χ2n) is 9.17. The lowest BCUT2D eigenvalue weighted by atomic mass is 9.54. The lowest BCUT2D eigenvalue weighted by molar-refractivity contribution is -0.129. The first-order valence-corrected chi connectivity index (χ1v) is 9.86. The quantitative estimate of drug-likeness (QED) is 0.785. The van der Waals surface area contributed by atoms with Crippen LogP contribution in [0.1, 0.15) is 38.5 Å². The van der Waals surface area contributed by atoms with Crippen LogP contribution < -0.4 is 5.32 Å². The first kappa shape index (κ1) is 16.8. The molecular weight excluding hydrogens is 302 g/mol. The Hall–Kier alpha value is -0.650. The van der Waals surface area contributed by atoms with Crippen molar-refractivity contribution in [2.75, 3.05) is 33.7 Å². The van der Waals surface area contributed by atoms with Gasteiger partial charge in [-0.05, 0) is 76.3 Å². The van der Waals surface area contributed by atoms with E-state index in [1.54, 1.807) is 0 Å². The number of hydrogen-bond acceptors (Lipinski definition) is 4. The molecule has 4 saturated carbocycles. The van der Waals surface area contributed by atoms with Crippen LogP contribution >= 0.6 is 0 Å². The number of carbonyl (C=O) groups excluding carboxylic acids is 1. The van der Waals surface area contributed by atoms with Gasteiger partial charge in [-0.3, -0.25) is 9.69 Å². The van der Waals surface area contributed by atoms with Gasteiger partial charge in [-0.2, -0.15) is 0 Å². The Bertz CT molecular complexity index is 453. The highest BCUT2D eigenvalue weighted by atomic mass is 16.3. The van der Waals surface area contributed by atoms with Gasteiger partial charge >= 0.3 is 0 Å². The Morgan fingerprint density at radius 3 is 2.29 bits per heavy atom. The fraction of sp³-hybridized carbons (Fsp3) is 0.947. The molecule has 5 fully saturated rings. The van der Waals surface area contributed by atoms with Gasteiger partial charge in [0.25, 0.3) is 0 Å². The number of carbonyl (C=O) groups is 1. The first-order chi connectivity index (χ1) is 11.5. The van der Waals surface area contributed by atoms with E-state index in [1.165, 1.54) is 32.1 Å². The van der Waals surface area contributed by atoms with Gasteiger partial charge in [0.2, 0.25) is 5.91 Å². The largest absolute Gasteiger partial charge is 0.392 e. The summed E-state index contributed by atoms with van der Waals surface area (Å²) < 4.78 is 0. The van der Waals surface area contributed by atoms with E-state index in [4.69, 9.17) is 0 Å². The number of β-amino-alcohol motifs (C(OH)–C–C–N with tert-alkyl or cyclic N) is 1. The molecule has 1 heterocycles. The number of rotatable bonds is 5. The number of aliphatic hydroxyl groups excluding tert-OH is 1. The summed E-state index contributed by atoms with van der Waals surface area (Å²) in [4.78, 5) is 17.3. The van der Waals surface area contributed by atoms with Crippen molar-refractivity contribution in [3.8, 4) is 0 Å². The standard InChI is InChI=1S/C19H33N3O2/c1-21(2)3-4-22-11-16(23)10-17(22)19(24)20-18-14-6-12-5-13(8-14)9-15(18)7-12/h12-18,23H,3-11H2,1-2H3,(H,20,24)/t12?,13?,14?,15?,16-,17-,18?/m1/s1. The summed E-state index contributed by atoms with van der Waals surface area (Å²) >= 11 is 0. The molecule has 1 amide bonds. The Kier molecular flexibility index (Phi) is 4.61. The van der Waals surface area contributed by atoms with Gasteiger partial charge in [-0.15, -0.1) is 0 Å². The van der Waals surface area contributed by atoms with E-state index in [9.17, 15) is 9.90 Å². The predicted octanol–water partition coefficient (Wildman–Crippen LogP) is 0.924. The zero-order chi connectivity index (χ0) is 16.8. The molecule has 0 radical (unpaired) electrons. The van der Waals surface area contributed by atoms with Crippen LogP contribution in [-0.2, 0) is 4.79 Å². The second-order valence-corrected chi connectivity index (χ2v) is 9.17. The minimum atomic E-state index is -0.360. The molecule has 0 aromatic heterocycles. The number of likely N-dealkylation sites (N-methyl/N-ethyl adjacent to an activating group) is 1. The van der Waals surface area contributed by atoms with Crippen LogP contribution in [0.4, 0.5) is 0 Å². The molecule has 1 saturated heterocycles. The van der Waals surface area contributed by atoms with Crippen LogP contribution in [0, 0.1) is 23.7 Å². The highest BCUT2D eigenvalue weighted by molar-refractivity contribution is 5.82. The van der Waals surface area contributed by atoms with Crippen LogP contribution in [0.15, 0.2) is 0 Å². The van der Waals surface area contributed by atoms with Crippen LogP contribution in [0.5, 0.6) is 0 Å². The number of nitrogens with one attached hydrogen (secondary N) is 1. The molecule has 0 unspecified atom stereocenters. The number of aliphatic hydroxyl groups is 1. The predicted molar refractivity (Wildman–Crippen MR) is 93.5 cm³/mol. The van der Waals surface area contributed by atoms with Crippen LogP contribution in [-0.4, -0.2) is 72.7 Å². The number of amides is 1. The summed E-state index contributed by atoms with van der Waals surface area (Å²) in [5.74, 6) is 3.47. The van der Waals surface area contributed by atoms with Crippen molar-refractivity contribution in [1.29, 1.82) is 0 Å². The lowest BCUT2D eigenvalue weighted by Gasteiger charge is -2.54. The highest BCUT2D eigenvalue weighted by Crippen LogP contribution is 2.53. The van der Waals surface area contributed by atoms with Crippen molar-refractivity contribution in [3.63, 3.8) is 0 Å². The maximum absolute atomic E-state index is 13.0. The van der Waals surface area contributed by atoms with E-state index in [1.807, 2.05) is 0 Å². The monoisotopic (exact) mass is 335 g/mol. The van der Waals surface area contributed by atoms with Crippen molar-refractivity contribution in [3.05, 3.63) is 0 Å². The topological polar surface area (TPSA) is 55.8 Å².